The molecule has 1 aromatic carbocycles. The molecule has 1 atom stereocenters. The fourth-order valence-electron chi connectivity index (χ4n) is 4.00. The lowest BCUT2D eigenvalue weighted by molar-refractivity contribution is 0.0513. The van der Waals surface area contributed by atoms with Crippen molar-refractivity contribution in [1.29, 1.82) is 0 Å². The molecule has 1 unspecified atom stereocenters. The van der Waals surface area contributed by atoms with Gasteiger partial charge in [-0.3, -0.25) is 9.59 Å². The number of aryl methyl sites for hydroxylation is 1. The van der Waals surface area contributed by atoms with Crippen LogP contribution in [0.2, 0.25) is 0 Å². The molecular formula is C26H30N2O5. The predicted octanol–water partition coefficient (Wildman–Crippen LogP) is 4.63. The van der Waals surface area contributed by atoms with Gasteiger partial charge in [0.25, 0.3) is 5.91 Å². The summed E-state index contributed by atoms with van der Waals surface area (Å²) in [6.07, 6.45) is 1.54. The molecule has 0 saturated heterocycles. The number of carbonyl (C=O) groups excluding carboxylic acids is 3. The maximum Gasteiger partial charge on any atom is 0.355 e. The average Bonchev–Trinajstić information content (AvgIpc) is 3.37. The Bertz CT molecular complexity index is 1160. The minimum absolute atomic E-state index is 0.141. The molecule has 0 saturated carbocycles. The van der Waals surface area contributed by atoms with Crippen molar-refractivity contribution in [2.24, 2.45) is 7.05 Å². The Morgan fingerprint density at radius 3 is 2.33 bits per heavy atom. The van der Waals surface area contributed by atoms with Gasteiger partial charge in [-0.05, 0) is 64.4 Å². The van der Waals surface area contributed by atoms with Gasteiger partial charge in [0.1, 0.15) is 11.5 Å². The van der Waals surface area contributed by atoms with E-state index < -0.39 is 12.0 Å². The Hall–Kier alpha value is -3.61. The summed E-state index contributed by atoms with van der Waals surface area (Å²) in [5, 5.41) is 0. The number of esters is 1. The highest BCUT2D eigenvalue weighted by Crippen LogP contribution is 2.26. The first-order valence-corrected chi connectivity index (χ1v) is 10.9. The van der Waals surface area contributed by atoms with Crippen molar-refractivity contribution in [2.45, 2.75) is 47.2 Å². The molecule has 1 amide bonds. The van der Waals surface area contributed by atoms with Crippen LogP contribution in [-0.2, 0) is 18.3 Å². The molecule has 7 nitrogen and oxygen atoms in total. The summed E-state index contributed by atoms with van der Waals surface area (Å²) >= 11 is 0. The van der Waals surface area contributed by atoms with Gasteiger partial charge in [-0.1, -0.05) is 17.7 Å². The normalized spacial score (nSPS) is 11.8. The number of furan rings is 1. The van der Waals surface area contributed by atoms with E-state index in [9.17, 15) is 14.4 Å². The van der Waals surface area contributed by atoms with E-state index in [0.717, 1.165) is 5.56 Å². The van der Waals surface area contributed by atoms with Crippen molar-refractivity contribution >= 4 is 17.7 Å². The van der Waals surface area contributed by atoms with Crippen molar-refractivity contribution in [3.05, 3.63) is 82.1 Å². The Morgan fingerprint density at radius 2 is 1.76 bits per heavy atom. The van der Waals surface area contributed by atoms with E-state index in [2.05, 4.69) is 0 Å². The van der Waals surface area contributed by atoms with Gasteiger partial charge in [-0.25, -0.2) is 4.79 Å². The molecule has 0 N–H and O–H groups in total. The standard InChI is InChI=1S/C26H30N2O5/c1-7-32-26(31)23-17(3)22(18(4)27(23)6)24(29)19(5)28(15-21-9-8-14-33-21)25(30)20-12-10-16(2)11-13-20/h8-14,19H,7,15H2,1-6H3. The molecule has 3 rings (SSSR count). The van der Waals surface area contributed by atoms with Crippen LogP contribution >= 0.6 is 0 Å². The second kappa shape index (κ2) is 9.90. The topological polar surface area (TPSA) is 81.8 Å². The Labute approximate surface area is 193 Å². The number of hydrogen-bond acceptors (Lipinski definition) is 5. The van der Waals surface area contributed by atoms with Crippen LogP contribution < -0.4 is 0 Å². The molecule has 174 valence electrons. The number of Topliss-reactive ketones (excluding diaryl/α,β-unsaturated/α-hetero) is 1. The van der Waals surface area contributed by atoms with E-state index in [4.69, 9.17) is 9.15 Å². The summed E-state index contributed by atoms with van der Waals surface area (Å²) in [6, 6.07) is 9.95. The molecule has 0 aliphatic carbocycles. The zero-order valence-corrected chi connectivity index (χ0v) is 20.0. The number of rotatable bonds is 8. The molecule has 3 aromatic rings. The SMILES string of the molecule is CCOC(=O)c1c(C)c(C(=O)C(C)N(Cc2ccco2)C(=O)c2ccc(C)cc2)c(C)n1C. The molecule has 0 radical (unpaired) electrons. The summed E-state index contributed by atoms with van der Waals surface area (Å²) in [5.41, 5.74) is 3.48. The van der Waals surface area contributed by atoms with Crippen LogP contribution in [0, 0.1) is 20.8 Å². The lowest BCUT2D eigenvalue weighted by atomic mass is 9.99. The van der Waals surface area contributed by atoms with Gasteiger partial charge >= 0.3 is 5.97 Å². The number of ketones is 1. The molecular weight excluding hydrogens is 420 g/mol. The van der Waals surface area contributed by atoms with Crippen LogP contribution in [0.5, 0.6) is 0 Å². The summed E-state index contributed by atoms with van der Waals surface area (Å²) in [7, 11) is 1.73. The molecule has 0 aliphatic heterocycles. The van der Waals surface area contributed by atoms with Crippen molar-refractivity contribution in [2.75, 3.05) is 6.61 Å². The molecule has 0 fully saturated rings. The number of nitrogens with zero attached hydrogens (tertiary/aromatic N) is 2. The molecule has 2 aromatic heterocycles. The third-order valence-electron chi connectivity index (χ3n) is 5.96. The fraction of sp³-hybridized carbons (Fsp3) is 0.346. The highest BCUT2D eigenvalue weighted by Gasteiger charge is 2.33. The lowest BCUT2D eigenvalue weighted by Gasteiger charge is -2.28. The summed E-state index contributed by atoms with van der Waals surface area (Å²) in [6.45, 7) is 9.29. The predicted molar refractivity (Wildman–Crippen MR) is 124 cm³/mol. The van der Waals surface area contributed by atoms with E-state index in [0.29, 0.717) is 33.8 Å². The van der Waals surface area contributed by atoms with E-state index >= 15 is 0 Å². The van der Waals surface area contributed by atoms with Crippen LogP contribution in [0.4, 0.5) is 0 Å². The molecule has 0 spiro atoms. The third-order valence-corrected chi connectivity index (χ3v) is 5.96. The average molecular weight is 451 g/mol. The van der Waals surface area contributed by atoms with Crippen LogP contribution in [0.1, 0.15) is 67.6 Å². The van der Waals surface area contributed by atoms with Gasteiger partial charge < -0.3 is 18.6 Å². The Morgan fingerprint density at radius 1 is 1.09 bits per heavy atom. The van der Waals surface area contributed by atoms with Gasteiger partial charge in [-0.2, -0.15) is 0 Å². The number of amides is 1. The first-order chi connectivity index (χ1) is 15.7. The van der Waals surface area contributed by atoms with Crippen LogP contribution in [0.25, 0.3) is 0 Å². The Kier molecular flexibility index (Phi) is 7.21. The maximum absolute atomic E-state index is 13.7. The van der Waals surface area contributed by atoms with Gasteiger partial charge in [0, 0.05) is 23.9 Å². The van der Waals surface area contributed by atoms with E-state index in [1.807, 2.05) is 19.1 Å². The zero-order valence-electron chi connectivity index (χ0n) is 20.0. The van der Waals surface area contributed by atoms with Gasteiger partial charge in [0.05, 0.1) is 25.5 Å². The smallest absolute Gasteiger partial charge is 0.355 e. The molecule has 2 heterocycles. The zero-order chi connectivity index (χ0) is 24.3. The number of ether oxygens (including phenoxy) is 1. The maximum atomic E-state index is 13.7. The van der Waals surface area contributed by atoms with Gasteiger partial charge in [0.2, 0.25) is 0 Å². The largest absolute Gasteiger partial charge is 0.467 e. The van der Waals surface area contributed by atoms with Crippen molar-refractivity contribution in [3.8, 4) is 0 Å². The summed E-state index contributed by atoms with van der Waals surface area (Å²) in [5.74, 6) is -0.424. The molecule has 0 bridgehead atoms. The van der Waals surface area contributed by atoms with Crippen molar-refractivity contribution in [3.63, 3.8) is 0 Å². The van der Waals surface area contributed by atoms with Crippen LogP contribution in [0.15, 0.2) is 47.1 Å². The van der Waals surface area contributed by atoms with E-state index in [-0.39, 0.29) is 24.8 Å². The minimum Gasteiger partial charge on any atom is -0.467 e. The minimum atomic E-state index is -0.793. The highest BCUT2D eigenvalue weighted by molar-refractivity contribution is 6.07. The van der Waals surface area contributed by atoms with Gasteiger partial charge in [-0.15, -0.1) is 0 Å². The van der Waals surface area contributed by atoms with E-state index in [1.54, 1.807) is 63.6 Å². The van der Waals surface area contributed by atoms with Crippen LogP contribution in [-0.4, -0.2) is 39.8 Å². The lowest BCUT2D eigenvalue weighted by Crippen LogP contribution is -2.43. The summed E-state index contributed by atoms with van der Waals surface area (Å²) in [4.78, 5) is 41.1. The van der Waals surface area contributed by atoms with Gasteiger partial charge in [0.15, 0.2) is 5.78 Å². The number of aromatic nitrogens is 1. The highest BCUT2D eigenvalue weighted by atomic mass is 16.5. The van der Waals surface area contributed by atoms with E-state index in [1.165, 1.54) is 11.2 Å². The summed E-state index contributed by atoms with van der Waals surface area (Å²) < 4.78 is 12.3. The molecule has 7 heteroatoms. The quantitative estimate of drug-likeness (QED) is 0.369. The first-order valence-electron chi connectivity index (χ1n) is 10.9. The monoisotopic (exact) mass is 450 g/mol. The third kappa shape index (κ3) is 4.77. The van der Waals surface area contributed by atoms with Crippen molar-refractivity contribution < 1.29 is 23.5 Å². The second-order valence-corrected chi connectivity index (χ2v) is 8.13. The second-order valence-electron chi connectivity index (χ2n) is 8.13. The number of carbonyl (C=O) groups is 3. The molecule has 0 aliphatic rings. The number of benzene rings is 1. The fourth-order valence-corrected chi connectivity index (χ4v) is 4.00. The number of hydrogen-bond donors (Lipinski definition) is 0. The molecule has 33 heavy (non-hydrogen) atoms. The van der Waals surface area contributed by atoms with Crippen LogP contribution in [0.3, 0.4) is 0 Å². The Balaban J connectivity index is 2.01. The van der Waals surface area contributed by atoms with Crippen molar-refractivity contribution in [1.82, 2.24) is 9.47 Å². The first kappa shape index (κ1) is 24.0.